The van der Waals surface area contributed by atoms with Gasteiger partial charge >= 0.3 is 11.9 Å². The van der Waals surface area contributed by atoms with Gasteiger partial charge in [-0.2, -0.15) is 0 Å². The number of carboxylic acids is 2. The van der Waals surface area contributed by atoms with Crippen LogP contribution in [-0.4, -0.2) is 27.9 Å². The Balaban J connectivity index is 2.44. The maximum absolute atomic E-state index is 12.6. The summed E-state index contributed by atoms with van der Waals surface area (Å²) in [5.41, 5.74) is -1.76. The number of aliphatic carboxylic acids is 2. The zero-order valence-electron chi connectivity index (χ0n) is 13.5. The van der Waals surface area contributed by atoms with Gasteiger partial charge in [-0.1, -0.05) is 56.2 Å². The SMILES string of the molecule is C=C(C(=O)O)C(CC(=O)c1ccccc1)(C(=O)O)C1CCCCC1. The second-order valence-electron chi connectivity index (χ2n) is 6.36. The van der Waals surface area contributed by atoms with Crippen LogP contribution < -0.4 is 0 Å². The maximum atomic E-state index is 12.6. The van der Waals surface area contributed by atoms with E-state index < -0.39 is 22.9 Å². The number of Topliss-reactive ketones (excluding diaryl/α,β-unsaturated/α-hetero) is 1. The van der Waals surface area contributed by atoms with Gasteiger partial charge in [0.1, 0.15) is 5.41 Å². The number of ketones is 1. The van der Waals surface area contributed by atoms with Crippen molar-refractivity contribution in [3.05, 3.63) is 48.0 Å². The minimum absolute atomic E-state index is 0.369. The fourth-order valence-corrected chi connectivity index (χ4v) is 3.64. The molecule has 1 saturated carbocycles. The average Bonchev–Trinajstić information content (AvgIpc) is 2.60. The Hall–Kier alpha value is -2.43. The van der Waals surface area contributed by atoms with Crippen LogP contribution in [0.25, 0.3) is 0 Å². The van der Waals surface area contributed by atoms with E-state index in [9.17, 15) is 24.6 Å². The van der Waals surface area contributed by atoms with Crippen LogP contribution in [0.1, 0.15) is 48.9 Å². The normalized spacial score (nSPS) is 17.7. The summed E-state index contributed by atoms with van der Waals surface area (Å²) < 4.78 is 0. The van der Waals surface area contributed by atoms with Gasteiger partial charge in [-0.15, -0.1) is 0 Å². The van der Waals surface area contributed by atoms with Crippen molar-refractivity contribution in [1.29, 1.82) is 0 Å². The van der Waals surface area contributed by atoms with E-state index in [-0.39, 0.29) is 18.1 Å². The first-order valence-corrected chi connectivity index (χ1v) is 8.14. The van der Waals surface area contributed by atoms with Crippen LogP contribution in [0.3, 0.4) is 0 Å². The number of rotatable bonds is 7. The van der Waals surface area contributed by atoms with Crippen LogP contribution in [0, 0.1) is 11.3 Å². The molecule has 0 aromatic heterocycles. The van der Waals surface area contributed by atoms with Crippen molar-refractivity contribution in [2.24, 2.45) is 11.3 Å². The van der Waals surface area contributed by atoms with Gasteiger partial charge in [0.05, 0.1) is 0 Å². The molecule has 0 heterocycles. The molecule has 128 valence electrons. The van der Waals surface area contributed by atoms with Crippen molar-refractivity contribution in [2.45, 2.75) is 38.5 Å². The molecule has 0 saturated heterocycles. The Morgan fingerprint density at radius 1 is 1.04 bits per heavy atom. The summed E-state index contributed by atoms with van der Waals surface area (Å²) in [7, 11) is 0. The summed E-state index contributed by atoms with van der Waals surface area (Å²) in [5, 5.41) is 19.3. The topological polar surface area (TPSA) is 91.7 Å². The summed E-state index contributed by atoms with van der Waals surface area (Å²) in [5.74, 6) is -3.39. The number of carbonyl (C=O) groups is 3. The van der Waals surface area contributed by atoms with E-state index in [0.29, 0.717) is 18.4 Å². The molecule has 0 amide bonds. The number of hydrogen-bond donors (Lipinski definition) is 2. The highest BCUT2D eigenvalue weighted by atomic mass is 16.4. The summed E-state index contributed by atoms with van der Waals surface area (Å²) in [6.45, 7) is 3.54. The highest BCUT2D eigenvalue weighted by molar-refractivity contribution is 6.03. The Morgan fingerprint density at radius 3 is 2.12 bits per heavy atom. The van der Waals surface area contributed by atoms with Gasteiger partial charge in [0, 0.05) is 17.6 Å². The molecule has 2 N–H and O–H groups in total. The molecule has 5 nitrogen and oxygen atoms in total. The Labute approximate surface area is 141 Å². The van der Waals surface area contributed by atoms with E-state index in [2.05, 4.69) is 6.58 Å². The van der Waals surface area contributed by atoms with Crippen molar-refractivity contribution in [1.82, 2.24) is 0 Å². The van der Waals surface area contributed by atoms with Crippen LogP contribution in [0.2, 0.25) is 0 Å². The summed E-state index contributed by atoms with van der Waals surface area (Å²) >= 11 is 0. The predicted molar refractivity (Wildman–Crippen MR) is 88.8 cm³/mol. The number of benzene rings is 1. The third-order valence-electron chi connectivity index (χ3n) is 5.02. The lowest BCUT2D eigenvalue weighted by molar-refractivity contribution is -0.154. The van der Waals surface area contributed by atoms with Crippen LogP contribution in [0.4, 0.5) is 0 Å². The van der Waals surface area contributed by atoms with Gasteiger partial charge in [-0.3, -0.25) is 9.59 Å². The summed E-state index contributed by atoms with van der Waals surface area (Å²) in [4.78, 5) is 36.3. The molecule has 1 unspecified atom stereocenters. The molecule has 1 aliphatic rings. The molecule has 2 rings (SSSR count). The first-order chi connectivity index (χ1) is 11.4. The minimum Gasteiger partial charge on any atom is -0.481 e. The van der Waals surface area contributed by atoms with E-state index in [1.165, 1.54) is 0 Å². The molecule has 1 atom stereocenters. The van der Waals surface area contributed by atoms with Crippen LogP contribution in [-0.2, 0) is 9.59 Å². The molecule has 0 bridgehead atoms. The molecule has 0 radical (unpaired) electrons. The van der Waals surface area contributed by atoms with E-state index >= 15 is 0 Å². The van der Waals surface area contributed by atoms with Crippen molar-refractivity contribution in [2.75, 3.05) is 0 Å². The van der Waals surface area contributed by atoms with Gasteiger partial charge in [-0.05, 0) is 18.8 Å². The smallest absolute Gasteiger partial charge is 0.332 e. The van der Waals surface area contributed by atoms with Gasteiger partial charge in [-0.25, -0.2) is 4.79 Å². The number of hydrogen-bond acceptors (Lipinski definition) is 3. The van der Waals surface area contributed by atoms with E-state index in [1.54, 1.807) is 30.3 Å². The lowest BCUT2D eigenvalue weighted by atomic mass is 9.62. The molecule has 1 aliphatic carbocycles. The van der Waals surface area contributed by atoms with E-state index in [4.69, 9.17) is 0 Å². The highest BCUT2D eigenvalue weighted by Gasteiger charge is 2.51. The second kappa shape index (κ2) is 7.43. The van der Waals surface area contributed by atoms with Gasteiger partial charge in [0.15, 0.2) is 5.78 Å². The summed E-state index contributed by atoms with van der Waals surface area (Å²) in [6.07, 6.45) is 3.50. The van der Waals surface area contributed by atoms with Crippen LogP contribution in [0.15, 0.2) is 42.5 Å². The largest absolute Gasteiger partial charge is 0.481 e. The number of carbonyl (C=O) groups excluding carboxylic acids is 1. The van der Waals surface area contributed by atoms with E-state index in [0.717, 1.165) is 19.3 Å². The number of carboxylic acid groups (broad SMARTS) is 2. The standard InChI is InChI=1S/C19H22O5/c1-13(17(21)22)19(18(23)24,15-10-6-3-7-11-15)12-16(20)14-8-4-2-5-9-14/h2,4-5,8-9,15H,1,3,6-7,10-12H2,(H,21,22)(H,23,24). The van der Waals surface area contributed by atoms with Crippen molar-refractivity contribution >= 4 is 17.7 Å². The fraction of sp³-hybridized carbons (Fsp3) is 0.421. The Kier molecular flexibility index (Phi) is 5.54. The second-order valence-corrected chi connectivity index (χ2v) is 6.36. The third-order valence-corrected chi connectivity index (χ3v) is 5.02. The molecule has 1 fully saturated rings. The molecule has 0 spiro atoms. The highest BCUT2D eigenvalue weighted by Crippen LogP contribution is 2.47. The van der Waals surface area contributed by atoms with Gasteiger partial charge in [0.25, 0.3) is 0 Å². The molecule has 24 heavy (non-hydrogen) atoms. The Morgan fingerprint density at radius 2 is 1.62 bits per heavy atom. The zero-order valence-corrected chi connectivity index (χ0v) is 13.5. The molecular formula is C19H22O5. The third kappa shape index (κ3) is 3.40. The monoisotopic (exact) mass is 330 g/mol. The van der Waals surface area contributed by atoms with Crippen molar-refractivity contribution in [3.63, 3.8) is 0 Å². The van der Waals surface area contributed by atoms with Crippen molar-refractivity contribution in [3.8, 4) is 0 Å². The molecule has 5 heteroatoms. The quantitative estimate of drug-likeness (QED) is 0.589. The van der Waals surface area contributed by atoms with Crippen molar-refractivity contribution < 1.29 is 24.6 Å². The van der Waals surface area contributed by atoms with Gasteiger partial charge in [0.2, 0.25) is 0 Å². The Bertz CT molecular complexity index is 643. The zero-order chi connectivity index (χ0) is 17.7. The van der Waals surface area contributed by atoms with Crippen LogP contribution >= 0.6 is 0 Å². The van der Waals surface area contributed by atoms with Gasteiger partial charge < -0.3 is 10.2 Å². The lowest BCUT2D eigenvalue weighted by Gasteiger charge is -2.39. The first-order valence-electron chi connectivity index (χ1n) is 8.14. The fourth-order valence-electron chi connectivity index (χ4n) is 3.64. The predicted octanol–water partition coefficient (Wildman–Crippen LogP) is 3.55. The minimum atomic E-state index is -1.75. The maximum Gasteiger partial charge on any atom is 0.332 e. The lowest BCUT2D eigenvalue weighted by Crippen LogP contribution is -2.45. The summed E-state index contributed by atoms with van der Waals surface area (Å²) in [6, 6.07) is 8.38. The average molecular weight is 330 g/mol. The van der Waals surface area contributed by atoms with Crippen LogP contribution in [0.5, 0.6) is 0 Å². The first kappa shape index (κ1) is 17.9. The molecular weight excluding hydrogens is 308 g/mol. The molecule has 0 aliphatic heterocycles. The molecule has 1 aromatic rings. The van der Waals surface area contributed by atoms with E-state index in [1.807, 2.05) is 0 Å². The molecule has 1 aromatic carbocycles.